The van der Waals surface area contributed by atoms with Crippen LogP contribution in [0, 0.1) is 0 Å². The van der Waals surface area contributed by atoms with Gasteiger partial charge in [0.05, 0.1) is 17.8 Å². The third-order valence-corrected chi connectivity index (χ3v) is 5.46. The minimum atomic E-state index is -0.484. The molecule has 8 nitrogen and oxygen atoms in total. The second-order valence-electron chi connectivity index (χ2n) is 7.78. The summed E-state index contributed by atoms with van der Waals surface area (Å²) in [4.78, 5) is 32.3. The van der Waals surface area contributed by atoms with Gasteiger partial charge in [0.15, 0.2) is 11.4 Å². The number of primary amides is 1. The second kappa shape index (κ2) is 8.58. The van der Waals surface area contributed by atoms with Crippen molar-refractivity contribution < 1.29 is 9.59 Å². The number of amides is 1. The van der Waals surface area contributed by atoms with E-state index in [1.165, 1.54) is 0 Å². The van der Waals surface area contributed by atoms with E-state index in [9.17, 15) is 9.59 Å². The van der Waals surface area contributed by atoms with Gasteiger partial charge in [-0.2, -0.15) is 0 Å². The van der Waals surface area contributed by atoms with Crippen molar-refractivity contribution in [1.82, 2.24) is 25.0 Å². The summed E-state index contributed by atoms with van der Waals surface area (Å²) in [6.07, 6.45) is 1.93. The molecule has 0 aliphatic carbocycles. The predicted molar refractivity (Wildman–Crippen MR) is 124 cm³/mol. The van der Waals surface area contributed by atoms with Crippen LogP contribution < -0.4 is 5.73 Å². The number of hydrogen-bond acceptors (Lipinski definition) is 6. The summed E-state index contributed by atoms with van der Waals surface area (Å²) < 4.78 is 1.77. The number of ketones is 1. The van der Waals surface area contributed by atoms with Crippen LogP contribution in [0.3, 0.4) is 0 Å². The van der Waals surface area contributed by atoms with Crippen LogP contribution in [0.15, 0.2) is 72.9 Å². The molecule has 5 rings (SSSR count). The zero-order valence-electron chi connectivity index (χ0n) is 17.7. The normalized spacial score (nSPS) is 11.2. The van der Waals surface area contributed by atoms with Crippen molar-refractivity contribution >= 4 is 33.8 Å². The number of nitrogens with two attached hydrogens (primary N) is 1. The number of benzene rings is 2. The summed E-state index contributed by atoms with van der Waals surface area (Å²) in [6, 6.07) is 21.0. The maximum Gasteiger partial charge on any atom is 0.217 e. The highest BCUT2D eigenvalue weighted by atomic mass is 16.1. The molecule has 0 saturated heterocycles. The Bertz CT molecular complexity index is 1490. The predicted octanol–water partition coefficient (Wildman–Crippen LogP) is 3.54. The van der Waals surface area contributed by atoms with E-state index in [2.05, 4.69) is 21.4 Å². The molecule has 3 aromatic heterocycles. The Morgan fingerprint density at radius 1 is 0.909 bits per heavy atom. The van der Waals surface area contributed by atoms with Gasteiger partial charge in [-0.3, -0.25) is 14.6 Å². The van der Waals surface area contributed by atoms with Gasteiger partial charge < -0.3 is 5.73 Å². The molecule has 0 saturated carbocycles. The second-order valence-corrected chi connectivity index (χ2v) is 7.78. The van der Waals surface area contributed by atoms with Crippen molar-refractivity contribution in [2.45, 2.75) is 19.4 Å². The Balaban J connectivity index is 1.40. The number of hydrogen-bond donors (Lipinski definition) is 1. The van der Waals surface area contributed by atoms with Crippen LogP contribution in [0.5, 0.6) is 0 Å². The summed E-state index contributed by atoms with van der Waals surface area (Å²) >= 11 is 0. The quantitative estimate of drug-likeness (QED) is 0.390. The number of pyridine rings is 2. The van der Waals surface area contributed by atoms with Gasteiger partial charge >= 0.3 is 0 Å². The molecule has 0 unspecified atom stereocenters. The van der Waals surface area contributed by atoms with Crippen LogP contribution in [-0.4, -0.2) is 36.7 Å². The molecule has 0 radical (unpaired) electrons. The van der Waals surface area contributed by atoms with Crippen LogP contribution in [0.4, 0.5) is 0 Å². The highest BCUT2D eigenvalue weighted by molar-refractivity contribution is 5.98. The van der Waals surface area contributed by atoms with Gasteiger partial charge in [0.25, 0.3) is 0 Å². The minimum Gasteiger partial charge on any atom is -0.370 e. The summed E-state index contributed by atoms with van der Waals surface area (Å²) in [7, 11) is 0. The molecule has 1 amide bonds. The first-order valence-electron chi connectivity index (χ1n) is 10.5. The maximum absolute atomic E-state index is 12.2. The summed E-state index contributed by atoms with van der Waals surface area (Å²) in [6.45, 7) is 0.521. The minimum absolute atomic E-state index is 0.0447. The van der Waals surface area contributed by atoms with Crippen LogP contribution in [0.2, 0.25) is 0 Å². The van der Waals surface area contributed by atoms with Gasteiger partial charge in [0.1, 0.15) is 5.52 Å². The number of Topliss-reactive ketones (excluding diaryl/α,β-unsaturated/α-hetero) is 1. The van der Waals surface area contributed by atoms with Crippen molar-refractivity contribution in [1.29, 1.82) is 0 Å². The van der Waals surface area contributed by atoms with E-state index < -0.39 is 5.91 Å². The lowest BCUT2D eigenvalue weighted by molar-refractivity contribution is -0.118. The molecule has 2 N–H and O–H groups in total. The van der Waals surface area contributed by atoms with E-state index in [-0.39, 0.29) is 18.6 Å². The number of carbonyl (C=O) groups excluding carboxylic acids is 2. The molecule has 162 valence electrons. The lowest BCUT2D eigenvalue weighted by Crippen LogP contribution is -2.12. The van der Waals surface area contributed by atoms with Gasteiger partial charge in [-0.15, -0.1) is 5.10 Å². The molecule has 5 aromatic rings. The highest BCUT2D eigenvalue weighted by Crippen LogP contribution is 2.22. The Kier molecular flexibility index (Phi) is 5.32. The third kappa shape index (κ3) is 4.31. The number of rotatable bonds is 7. The first-order chi connectivity index (χ1) is 16.1. The van der Waals surface area contributed by atoms with Crippen molar-refractivity contribution in [3.05, 3.63) is 84.1 Å². The Morgan fingerprint density at radius 3 is 2.58 bits per heavy atom. The number of nitrogens with zero attached hydrogens (tertiary/aromatic N) is 5. The lowest BCUT2D eigenvalue weighted by Gasteiger charge is -2.06. The Labute approximate surface area is 189 Å². The number of carbonyl (C=O) groups is 2. The van der Waals surface area contributed by atoms with Crippen molar-refractivity contribution in [3.8, 4) is 11.3 Å². The Hall–Kier alpha value is -4.46. The van der Waals surface area contributed by atoms with E-state index in [4.69, 9.17) is 10.7 Å². The first-order valence-corrected chi connectivity index (χ1v) is 10.5. The molecule has 0 aliphatic heterocycles. The SMILES string of the molecule is NC(=O)CCC(=O)c1ccc(-c2ccc3nnn(Cc4ccc5cccnc5c4)c3n2)cc1. The number of fused-ring (bicyclic) bond motifs is 2. The molecule has 0 bridgehead atoms. The van der Waals surface area contributed by atoms with Gasteiger partial charge in [0.2, 0.25) is 5.91 Å². The van der Waals surface area contributed by atoms with E-state index in [0.717, 1.165) is 27.7 Å². The van der Waals surface area contributed by atoms with E-state index in [1.54, 1.807) is 23.0 Å². The summed E-state index contributed by atoms with van der Waals surface area (Å²) in [5.41, 5.74) is 10.6. The zero-order chi connectivity index (χ0) is 22.8. The van der Waals surface area contributed by atoms with E-state index in [0.29, 0.717) is 23.3 Å². The molecule has 0 atom stereocenters. The molecule has 0 spiro atoms. The van der Waals surface area contributed by atoms with Gasteiger partial charge in [0, 0.05) is 35.6 Å². The highest BCUT2D eigenvalue weighted by Gasteiger charge is 2.11. The molecule has 0 fully saturated rings. The fraction of sp³-hybridized carbons (Fsp3) is 0.120. The average molecular weight is 436 g/mol. The molecular weight excluding hydrogens is 416 g/mol. The fourth-order valence-corrected chi connectivity index (χ4v) is 3.71. The molecular formula is C25H20N6O2. The van der Waals surface area contributed by atoms with Gasteiger partial charge in [-0.05, 0) is 29.8 Å². The molecule has 0 aliphatic rings. The van der Waals surface area contributed by atoms with Crippen molar-refractivity contribution in [2.75, 3.05) is 0 Å². The van der Waals surface area contributed by atoms with Crippen molar-refractivity contribution in [3.63, 3.8) is 0 Å². The van der Waals surface area contributed by atoms with Crippen LogP contribution >= 0.6 is 0 Å². The molecule has 3 heterocycles. The summed E-state index contributed by atoms with van der Waals surface area (Å²) in [5.74, 6) is -0.599. The standard InChI is InChI=1S/C25H20N6O2/c26-24(33)12-11-23(32)19-7-5-18(6-8-19)20-9-10-21-25(28-20)31(30-29-21)15-16-3-4-17-2-1-13-27-22(17)14-16/h1-10,13-14H,11-12,15H2,(H2,26,33). The van der Waals surface area contributed by atoms with Crippen LogP contribution in [-0.2, 0) is 11.3 Å². The smallest absolute Gasteiger partial charge is 0.217 e. The average Bonchev–Trinajstić information content (AvgIpc) is 3.24. The van der Waals surface area contributed by atoms with E-state index in [1.807, 2.05) is 48.5 Å². The summed E-state index contributed by atoms with van der Waals surface area (Å²) in [5, 5.41) is 9.60. The van der Waals surface area contributed by atoms with Gasteiger partial charge in [-0.1, -0.05) is 47.7 Å². The van der Waals surface area contributed by atoms with Crippen LogP contribution in [0.1, 0.15) is 28.8 Å². The van der Waals surface area contributed by atoms with Gasteiger partial charge in [-0.25, -0.2) is 9.67 Å². The topological polar surface area (TPSA) is 117 Å². The molecule has 2 aromatic carbocycles. The largest absolute Gasteiger partial charge is 0.370 e. The van der Waals surface area contributed by atoms with E-state index >= 15 is 0 Å². The van der Waals surface area contributed by atoms with Crippen LogP contribution in [0.25, 0.3) is 33.3 Å². The van der Waals surface area contributed by atoms with Crippen molar-refractivity contribution in [2.24, 2.45) is 5.73 Å². The maximum atomic E-state index is 12.2. The first kappa shape index (κ1) is 20.4. The molecule has 33 heavy (non-hydrogen) atoms. The fourth-order valence-electron chi connectivity index (χ4n) is 3.71. The number of aromatic nitrogens is 5. The zero-order valence-corrected chi connectivity index (χ0v) is 17.7. The Morgan fingerprint density at radius 2 is 1.76 bits per heavy atom. The lowest BCUT2D eigenvalue weighted by atomic mass is 10.0. The third-order valence-electron chi connectivity index (χ3n) is 5.46. The molecule has 8 heteroatoms. The monoisotopic (exact) mass is 436 g/mol.